The predicted octanol–water partition coefficient (Wildman–Crippen LogP) is 3.22. The second-order valence-electron chi connectivity index (χ2n) is 4.96. The van der Waals surface area contributed by atoms with E-state index in [1.54, 1.807) is 0 Å². The van der Waals surface area contributed by atoms with Crippen molar-refractivity contribution < 1.29 is 9.30 Å². The Morgan fingerprint density at radius 2 is 1.94 bits per heavy atom. The molecule has 0 spiro atoms. The maximum atomic E-state index is 13.1. The summed E-state index contributed by atoms with van der Waals surface area (Å²) in [6.07, 6.45) is 1.85. The molecule has 0 radical (unpaired) electrons. The molecule has 1 aliphatic heterocycles. The van der Waals surface area contributed by atoms with Gasteiger partial charge in [0.2, 0.25) is 0 Å². The Kier molecular flexibility index (Phi) is 2.98. The molecule has 0 unspecified atom stereocenters. The Morgan fingerprint density at radius 1 is 1.31 bits per heavy atom. The molecule has 1 aromatic carbocycles. The molecule has 0 bridgehead atoms. The van der Waals surface area contributed by atoms with E-state index in [0.717, 1.165) is 17.9 Å². The van der Waals surface area contributed by atoms with E-state index in [9.17, 15) is 4.57 Å². The highest BCUT2D eigenvalue weighted by molar-refractivity contribution is 7.72. The number of hydrogen-bond donors (Lipinski definition) is 0. The minimum absolute atomic E-state index is 0.209. The van der Waals surface area contributed by atoms with Gasteiger partial charge in [-0.15, -0.1) is 0 Å². The Hall–Kier alpha value is -0.590. The lowest BCUT2D eigenvalue weighted by Gasteiger charge is -2.41. The maximum Gasteiger partial charge on any atom is 0.145 e. The molecule has 16 heavy (non-hydrogen) atoms. The van der Waals surface area contributed by atoms with Crippen molar-refractivity contribution >= 4 is 12.4 Å². The number of hydrogen-bond acceptors (Lipinski definition) is 2. The van der Waals surface area contributed by atoms with Gasteiger partial charge in [-0.05, 0) is 27.2 Å². The predicted molar refractivity (Wildman–Crippen MR) is 67.8 cm³/mol. The molecule has 88 valence electrons. The minimum atomic E-state index is -2.43. The summed E-state index contributed by atoms with van der Waals surface area (Å²) in [5.74, 6) is 0. The molecular formula is C13H19O2P. The van der Waals surface area contributed by atoms with Crippen LogP contribution >= 0.6 is 7.14 Å². The van der Waals surface area contributed by atoms with Crippen LogP contribution in [0.3, 0.4) is 0 Å². The number of benzene rings is 1. The van der Waals surface area contributed by atoms with Gasteiger partial charge in [0.15, 0.2) is 0 Å². The Balaban J connectivity index is 2.42. The summed E-state index contributed by atoms with van der Waals surface area (Å²) in [4.78, 5) is 0. The average molecular weight is 238 g/mol. The normalized spacial score (nSPS) is 33.6. The Bertz CT molecular complexity index is 411. The highest BCUT2D eigenvalue weighted by Gasteiger charge is 2.46. The van der Waals surface area contributed by atoms with Crippen molar-refractivity contribution in [3.05, 3.63) is 30.3 Å². The molecule has 1 heterocycles. The molecule has 0 saturated carbocycles. The third-order valence-corrected chi connectivity index (χ3v) is 7.25. The summed E-state index contributed by atoms with van der Waals surface area (Å²) in [7, 11) is -2.43. The first-order chi connectivity index (χ1) is 7.46. The third kappa shape index (κ3) is 1.85. The van der Waals surface area contributed by atoms with Crippen molar-refractivity contribution in [3.8, 4) is 0 Å². The molecule has 0 aliphatic carbocycles. The molecule has 0 amide bonds. The van der Waals surface area contributed by atoms with Gasteiger partial charge in [0.1, 0.15) is 12.5 Å². The number of ether oxygens (including phenoxy) is 1. The smallest absolute Gasteiger partial charge is 0.145 e. The minimum Gasteiger partial charge on any atom is -0.365 e. The molecule has 3 heteroatoms. The van der Waals surface area contributed by atoms with Crippen LogP contribution in [0.15, 0.2) is 30.3 Å². The zero-order valence-corrected chi connectivity index (χ0v) is 11.0. The zero-order valence-electron chi connectivity index (χ0n) is 10.1. The summed E-state index contributed by atoms with van der Waals surface area (Å²) in [6, 6.07) is 9.77. The summed E-state index contributed by atoms with van der Waals surface area (Å²) in [6.45, 7) is 5.96. The van der Waals surface area contributed by atoms with Gasteiger partial charge in [0.25, 0.3) is 0 Å². The molecule has 2 atom stereocenters. The molecule has 2 nitrogen and oxygen atoms in total. The molecule has 1 aromatic rings. The maximum absolute atomic E-state index is 13.1. The first-order valence-corrected chi connectivity index (χ1v) is 7.67. The lowest BCUT2D eigenvalue weighted by atomic mass is 10.3. The highest BCUT2D eigenvalue weighted by Crippen LogP contribution is 2.60. The highest BCUT2D eigenvalue weighted by atomic mass is 31.2. The van der Waals surface area contributed by atoms with Crippen molar-refractivity contribution in [2.24, 2.45) is 0 Å². The van der Waals surface area contributed by atoms with E-state index in [4.69, 9.17) is 4.74 Å². The molecular weight excluding hydrogens is 219 g/mol. The number of rotatable bonds is 1. The van der Waals surface area contributed by atoms with E-state index >= 15 is 0 Å². The standard InChI is InChI=1S/C13H19O2P/c1-11-9-10-16(14,13(2,3)15-11)12-7-5-4-6-8-12/h4-8,11H,9-10H2,1-3H3/t11-,16+/m1/s1. The van der Waals surface area contributed by atoms with Crippen LogP contribution in [0.1, 0.15) is 27.2 Å². The molecule has 1 saturated heterocycles. The topological polar surface area (TPSA) is 26.3 Å². The van der Waals surface area contributed by atoms with Crippen LogP contribution in [0, 0.1) is 0 Å². The van der Waals surface area contributed by atoms with Gasteiger partial charge in [-0.2, -0.15) is 0 Å². The van der Waals surface area contributed by atoms with E-state index in [0.29, 0.717) is 0 Å². The SMILES string of the molecule is C[C@@H]1CC[P@](=O)(c2ccccc2)C(C)(C)O1. The van der Waals surface area contributed by atoms with Crippen LogP contribution in [0.25, 0.3) is 0 Å². The van der Waals surface area contributed by atoms with Crippen LogP contribution < -0.4 is 5.30 Å². The van der Waals surface area contributed by atoms with Gasteiger partial charge in [-0.25, -0.2) is 0 Å². The van der Waals surface area contributed by atoms with Crippen molar-refractivity contribution in [2.75, 3.05) is 6.16 Å². The molecule has 0 aromatic heterocycles. The first-order valence-electron chi connectivity index (χ1n) is 5.78. The monoisotopic (exact) mass is 238 g/mol. The van der Waals surface area contributed by atoms with E-state index in [2.05, 4.69) is 6.92 Å². The van der Waals surface area contributed by atoms with E-state index < -0.39 is 12.5 Å². The van der Waals surface area contributed by atoms with Crippen LogP contribution in [0.5, 0.6) is 0 Å². The zero-order chi connectivity index (χ0) is 11.8. The quantitative estimate of drug-likeness (QED) is 0.702. The van der Waals surface area contributed by atoms with Crippen LogP contribution in [0.2, 0.25) is 0 Å². The summed E-state index contributed by atoms with van der Waals surface area (Å²) >= 11 is 0. The van der Waals surface area contributed by atoms with Gasteiger partial charge in [0.05, 0.1) is 6.10 Å². The van der Waals surface area contributed by atoms with E-state index in [1.165, 1.54) is 0 Å². The van der Waals surface area contributed by atoms with Gasteiger partial charge in [-0.1, -0.05) is 30.3 Å². The fraction of sp³-hybridized carbons (Fsp3) is 0.538. The molecule has 2 rings (SSSR count). The van der Waals surface area contributed by atoms with E-state index in [1.807, 2.05) is 44.2 Å². The second-order valence-corrected chi connectivity index (χ2v) is 8.48. The first kappa shape index (κ1) is 11.9. The van der Waals surface area contributed by atoms with Gasteiger partial charge in [-0.3, -0.25) is 0 Å². The lowest BCUT2D eigenvalue weighted by Crippen LogP contribution is -2.39. The second kappa shape index (κ2) is 4.01. The Labute approximate surface area is 97.4 Å². The van der Waals surface area contributed by atoms with Crippen molar-refractivity contribution in [2.45, 2.75) is 38.6 Å². The van der Waals surface area contributed by atoms with Crippen LogP contribution in [0.4, 0.5) is 0 Å². The average Bonchev–Trinajstić information content (AvgIpc) is 2.25. The molecule has 1 fully saturated rings. The van der Waals surface area contributed by atoms with Gasteiger partial charge in [0, 0.05) is 11.5 Å². The third-order valence-electron chi connectivity index (χ3n) is 3.38. The van der Waals surface area contributed by atoms with Crippen LogP contribution in [-0.2, 0) is 9.30 Å². The largest absolute Gasteiger partial charge is 0.365 e. The van der Waals surface area contributed by atoms with Crippen molar-refractivity contribution in [1.82, 2.24) is 0 Å². The van der Waals surface area contributed by atoms with Gasteiger partial charge >= 0.3 is 0 Å². The van der Waals surface area contributed by atoms with E-state index in [-0.39, 0.29) is 6.10 Å². The van der Waals surface area contributed by atoms with Crippen LogP contribution in [-0.4, -0.2) is 17.6 Å². The molecule has 1 aliphatic rings. The molecule has 0 N–H and O–H groups in total. The van der Waals surface area contributed by atoms with Crippen molar-refractivity contribution in [1.29, 1.82) is 0 Å². The summed E-state index contributed by atoms with van der Waals surface area (Å²) < 4.78 is 19.0. The van der Waals surface area contributed by atoms with Gasteiger partial charge < -0.3 is 9.30 Å². The fourth-order valence-corrected chi connectivity index (χ4v) is 5.53. The summed E-state index contributed by atoms with van der Waals surface area (Å²) in [5.41, 5.74) is 0. The lowest BCUT2D eigenvalue weighted by molar-refractivity contribution is -0.0219. The summed E-state index contributed by atoms with van der Waals surface area (Å²) in [5, 5.41) is 0.415. The Morgan fingerprint density at radius 3 is 2.50 bits per heavy atom. The van der Waals surface area contributed by atoms with Crippen molar-refractivity contribution in [3.63, 3.8) is 0 Å². The fourth-order valence-electron chi connectivity index (χ4n) is 2.38.